The van der Waals surface area contributed by atoms with Crippen LogP contribution in [-0.2, 0) is 6.54 Å². The normalized spacial score (nSPS) is 12.1. The molecule has 3 nitrogen and oxygen atoms in total. The van der Waals surface area contributed by atoms with E-state index in [0.717, 1.165) is 12.1 Å². The van der Waals surface area contributed by atoms with Gasteiger partial charge in [0.25, 0.3) is 0 Å². The smallest absolute Gasteiger partial charge is 0.310 e. The van der Waals surface area contributed by atoms with E-state index in [1.807, 2.05) is 25.1 Å². The fourth-order valence-electron chi connectivity index (χ4n) is 1.80. The molecular formula is C13H20F3N3. The second kappa shape index (κ2) is 8.12. The Hall–Kier alpha value is -1.14. The van der Waals surface area contributed by atoms with Gasteiger partial charge < -0.3 is 5.32 Å². The van der Waals surface area contributed by atoms with Crippen LogP contribution in [0.3, 0.4) is 0 Å². The Balaban J connectivity index is 2.24. The molecule has 1 N–H and O–H groups in total. The molecule has 0 bridgehead atoms. The molecule has 0 aliphatic heterocycles. The zero-order chi connectivity index (χ0) is 14.1. The minimum atomic E-state index is -4.13. The van der Waals surface area contributed by atoms with Gasteiger partial charge in [-0.2, -0.15) is 13.2 Å². The van der Waals surface area contributed by atoms with E-state index in [4.69, 9.17) is 0 Å². The average Bonchev–Trinajstić information content (AvgIpc) is 2.34. The molecule has 19 heavy (non-hydrogen) atoms. The molecule has 0 fully saturated rings. The van der Waals surface area contributed by atoms with E-state index in [1.54, 1.807) is 6.20 Å². The molecule has 0 saturated heterocycles. The van der Waals surface area contributed by atoms with Crippen LogP contribution in [0.5, 0.6) is 0 Å². The summed E-state index contributed by atoms with van der Waals surface area (Å²) in [6.45, 7) is 2.99. The van der Waals surface area contributed by atoms with Gasteiger partial charge in [0.2, 0.25) is 0 Å². The van der Waals surface area contributed by atoms with Crippen LogP contribution in [-0.4, -0.2) is 42.2 Å². The van der Waals surface area contributed by atoms with E-state index < -0.39 is 12.7 Å². The fourth-order valence-corrected chi connectivity index (χ4v) is 1.80. The molecule has 0 aliphatic carbocycles. The van der Waals surface area contributed by atoms with Gasteiger partial charge in [0.05, 0.1) is 12.2 Å². The van der Waals surface area contributed by atoms with Gasteiger partial charge in [0.1, 0.15) is 0 Å². The van der Waals surface area contributed by atoms with Crippen molar-refractivity contribution in [3.05, 3.63) is 30.1 Å². The van der Waals surface area contributed by atoms with E-state index in [1.165, 1.54) is 4.90 Å². The van der Waals surface area contributed by atoms with Gasteiger partial charge >= 0.3 is 6.18 Å². The third kappa shape index (κ3) is 7.79. The monoisotopic (exact) mass is 275 g/mol. The molecule has 1 aromatic rings. The number of halogens is 3. The first-order valence-electron chi connectivity index (χ1n) is 6.41. The minimum absolute atomic E-state index is 0.389. The second-order valence-electron chi connectivity index (χ2n) is 4.39. The first-order valence-corrected chi connectivity index (χ1v) is 6.41. The highest BCUT2D eigenvalue weighted by Gasteiger charge is 2.29. The zero-order valence-corrected chi connectivity index (χ0v) is 11.1. The van der Waals surface area contributed by atoms with Crippen LogP contribution >= 0.6 is 0 Å². The number of hydrogen-bond donors (Lipinski definition) is 1. The highest BCUT2D eigenvalue weighted by atomic mass is 19.4. The zero-order valence-electron chi connectivity index (χ0n) is 11.1. The van der Waals surface area contributed by atoms with Crippen molar-refractivity contribution in [3.8, 4) is 0 Å². The van der Waals surface area contributed by atoms with Crippen molar-refractivity contribution in [3.63, 3.8) is 0 Å². The molecule has 108 valence electrons. The van der Waals surface area contributed by atoms with Crippen molar-refractivity contribution in [2.75, 3.05) is 26.2 Å². The summed E-state index contributed by atoms with van der Waals surface area (Å²) in [5.41, 5.74) is 0.889. The molecule has 6 heteroatoms. The molecule has 0 atom stereocenters. The maximum Gasteiger partial charge on any atom is 0.401 e. The van der Waals surface area contributed by atoms with Gasteiger partial charge in [-0.15, -0.1) is 0 Å². The van der Waals surface area contributed by atoms with Crippen LogP contribution in [0.25, 0.3) is 0 Å². The fraction of sp³-hybridized carbons (Fsp3) is 0.615. The number of pyridine rings is 1. The number of nitrogens with one attached hydrogen (secondary N) is 1. The van der Waals surface area contributed by atoms with Crippen molar-refractivity contribution < 1.29 is 13.2 Å². The molecule has 0 aromatic carbocycles. The van der Waals surface area contributed by atoms with Gasteiger partial charge in [-0.05, 0) is 25.1 Å². The topological polar surface area (TPSA) is 28.2 Å². The number of aromatic nitrogens is 1. The van der Waals surface area contributed by atoms with Gasteiger partial charge in [-0.25, -0.2) is 0 Å². The van der Waals surface area contributed by atoms with Crippen molar-refractivity contribution in [1.29, 1.82) is 0 Å². The average molecular weight is 275 g/mol. The summed E-state index contributed by atoms with van der Waals surface area (Å²) in [5, 5.41) is 3.10. The molecule has 0 saturated carbocycles. The van der Waals surface area contributed by atoms with Crippen LogP contribution in [0.4, 0.5) is 13.2 Å². The standard InChI is InChI=1S/C13H20F3N3/c1-2-8-19(11-13(14,15)16)9-7-17-10-12-5-3-4-6-18-12/h3-6,17H,2,7-11H2,1H3. The maximum absolute atomic E-state index is 12.3. The Kier molecular flexibility index (Phi) is 6.80. The molecule has 0 spiro atoms. The lowest BCUT2D eigenvalue weighted by Gasteiger charge is -2.23. The van der Waals surface area contributed by atoms with E-state index in [9.17, 15) is 13.2 Å². The van der Waals surface area contributed by atoms with E-state index in [0.29, 0.717) is 26.2 Å². The summed E-state index contributed by atoms with van der Waals surface area (Å²) in [6.07, 6.45) is -1.71. The summed E-state index contributed by atoms with van der Waals surface area (Å²) >= 11 is 0. The molecule has 1 aromatic heterocycles. The Morgan fingerprint density at radius 2 is 2.05 bits per heavy atom. The lowest BCUT2D eigenvalue weighted by molar-refractivity contribution is -0.145. The lowest BCUT2D eigenvalue weighted by atomic mass is 10.3. The van der Waals surface area contributed by atoms with Crippen molar-refractivity contribution >= 4 is 0 Å². The third-order valence-corrected chi connectivity index (χ3v) is 2.58. The van der Waals surface area contributed by atoms with Gasteiger partial charge in [-0.3, -0.25) is 9.88 Å². The quantitative estimate of drug-likeness (QED) is 0.739. The van der Waals surface area contributed by atoms with Gasteiger partial charge in [-0.1, -0.05) is 13.0 Å². The second-order valence-corrected chi connectivity index (χ2v) is 4.39. The lowest BCUT2D eigenvalue weighted by Crippen LogP contribution is -2.39. The predicted molar refractivity (Wildman–Crippen MR) is 68.7 cm³/mol. The van der Waals surface area contributed by atoms with Crippen LogP contribution in [0.2, 0.25) is 0 Å². The Labute approximate surface area is 111 Å². The molecule has 1 rings (SSSR count). The molecule has 0 unspecified atom stereocenters. The number of rotatable bonds is 8. The van der Waals surface area contributed by atoms with Crippen LogP contribution in [0.15, 0.2) is 24.4 Å². The molecule has 1 heterocycles. The Bertz CT molecular complexity index is 341. The first kappa shape index (κ1) is 15.9. The highest BCUT2D eigenvalue weighted by molar-refractivity contribution is 5.02. The Morgan fingerprint density at radius 3 is 2.63 bits per heavy atom. The van der Waals surface area contributed by atoms with Crippen LogP contribution in [0, 0.1) is 0 Å². The summed E-state index contributed by atoms with van der Waals surface area (Å²) in [4.78, 5) is 5.56. The SMILES string of the molecule is CCCN(CCNCc1ccccn1)CC(F)(F)F. The summed E-state index contributed by atoms with van der Waals surface area (Å²) in [6, 6.07) is 5.60. The van der Waals surface area contributed by atoms with Crippen molar-refractivity contribution in [2.24, 2.45) is 0 Å². The van der Waals surface area contributed by atoms with E-state index in [2.05, 4.69) is 10.3 Å². The van der Waals surface area contributed by atoms with Crippen LogP contribution in [0.1, 0.15) is 19.0 Å². The van der Waals surface area contributed by atoms with Gasteiger partial charge in [0, 0.05) is 25.8 Å². The maximum atomic E-state index is 12.3. The predicted octanol–water partition coefficient (Wildman–Crippen LogP) is 2.45. The van der Waals surface area contributed by atoms with Crippen LogP contribution < -0.4 is 5.32 Å². The third-order valence-electron chi connectivity index (χ3n) is 2.58. The summed E-state index contributed by atoms with van der Waals surface area (Å²) in [5.74, 6) is 0. The van der Waals surface area contributed by atoms with Gasteiger partial charge in [0.15, 0.2) is 0 Å². The largest absolute Gasteiger partial charge is 0.401 e. The molecule has 0 aliphatic rings. The molecule has 0 radical (unpaired) electrons. The van der Waals surface area contributed by atoms with Crippen molar-refractivity contribution in [2.45, 2.75) is 26.1 Å². The molecule has 0 amide bonds. The summed E-state index contributed by atoms with van der Waals surface area (Å²) in [7, 11) is 0. The number of nitrogens with zero attached hydrogens (tertiary/aromatic N) is 2. The van der Waals surface area contributed by atoms with E-state index in [-0.39, 0.29) is 0 Å². The van der Waals surface area contributed by atoms with Crippen molar-refractivity contribution in [1.82, 2.24) is 15.2 Å². The highest BCUT2D eigenvalue weighted by Crippen LogP contribution is 2.16. The van der Waals surface area contributed by atoms with E-state index >= 15 is 0 Å². The minimum Gasteiger partial charge on any atom is -0.310 e. The summed E-state index contributed by atoms with van der Waals surface area (Å²) < 4.78 is 37.0. The number of hydrogen-bond acceptors (Lipinski definition) is 3. The number of alkyl halides is 3. The first-order chi connectivity index (χ1) is 9.01. The molecular weight excluding hydrogens is 255 g/mol. The Morgan fingerprint density at radius 1 is 1.26 bits per heavy atom.